The molecule has 1 aliphatic heterocycles. The van der Waals surface area contributed by atoms with E-state index in [1.807, 2.05) is 0 Å². The number of carbonyl (C=O) groups is 1. The van der Waals surface area contributed by atoms with Crippen molar-refractivity contribution < 1.29 is 9.18 Å². The van der Waals surface area contributed by atoms with Crippen LogP contribution in [0.5, 0.6) is 0 Å². The van der Waals surface area contributed by atoms with Gasteiger partial charge in [0.25, 0.3) is 5.91 Å². The number of aromatic nitrogens is 2. The van der Waals surface area contributed by atoms with Crippen LogP contribution in [-0.2, 0) is 0 Å². The molecule has 0 bridgehead atoms. The highest BCUT2D eigenvalue weighted by Crippen LogP contribution is 2.25. The van der Waals surface area contributed by atoms with E-state index in [9.17, 15) is 9.18 Å². The third-order valence-electron chi connectivity index (χ3n) is 4.13. The fourth-order valence-corrected chi connectivity index (χ4v) is 2.90. The minimum absolute atomic E-state index is 0.0191. The van der Waals surface area contributed by atoms with E-state index in [1.54, 1.807) is 30.4 Å². The normalized spacial score (nSPS) is 17.6. The zero-order chi connectivity index (χ0) is 18.0. The third kappa shape index (κ3) is 3.56. The lowest BCUT2D eigenvalue weighted by Crippen LogP contribution is -2.46. The summed E-state index contributed by atoms with van der Waals surface area (Å²) in [6.45, 7) is 2.21. The van der Waals surface area contributed by atoms with E-state index in [-0.39, 0.29) is 16.6 Å². The Morgan fingerprint density at radius 1 is 1.44 bits per heavy atom. The highest BCUT2D eigenvalue weighted by Gasteiger charge is 2.30. The molecule has 1 aromatic carbocycles. The molecule has 0 spiro atoms. The van der Waals surface area contributed by atoms with Crippen LogP contribution >= 0.6 is 11.6 Å². The monoisotopic (exact) mass is 361 g/mol. The van der Waals surface area contributed by atoms with E-state index in [0.29, 0.717) is 24.5 Å². The van der Waals surface area contributed by atoms with Crippen LogP contribution in [0, 0.1) is 5.82 Å². The van der Waals surface area contributed by atoms with Gasteiger partial charge in [0.2, 0.25) is 0 Å². The van der Waals surface area contributed by atoms with Gasteiger partial charge in [-0.2, -0.15) is 0 Å². The topological polar surface area (TPSA) is 84.1 Å². The molecule has 1 aliphatic rings. The van der Waals surface area contributed by atoms with Crippen molar-refractivity contribution in [2.75, 3.05) is 11.9 Å². The molecule has 0 saturated carbocycles. The summed E-state index contributed by atoms with van der Waals surface area (Å²) in [5.74, 6) is -0.477. The summed E-state index contributed by atoms with van der Waals surface area (Å²) in [6.07, 6.45) is 5.25. The van der Waals surface area contributed by atoms with Gasteiger partial charge in [0, 0.05) is 36.1 Å². The summed E-state index contributed by atoms with van der Waals surface area (Å²) in [4.78, 5) is 22.4. The van der Waals surface area contributed by atoms with Crippen molar-refractivity contribution in [1.82, 2.24) is 14.9 Å². The second-order valence-electron chi connectivity index (χ2n) is 5.70. The van der Waals surface area contributed by atoms with E-state index in [4.69, 9.17) is 17.3 Å². The Bertz CT molecular complexity index is 827. The van der Waals surface area contributed by atoms with Crippen molar-refractivity contribution in [1.29, 1.82) is 0 Å². The molecule has 0 saturated heterocycles. The minimum atomic E-state index is -0.643. The molecule has 3 N–H and O–H groups in total. The maximum atomic E-state index is 14.0. The van der Waals surface area contributed by atoms with Crippen molar-refractivity contribution in [2.45, 2.75) is 19.4 Å². The molecule has 6 nitrogen and oxygen atoms in total. The fraction of sp³-hybridized carbons (Fsp3) is 0.235. The summed E-state index contributed by atoms with van der Waals surface area (Å²) in [6, 6.07) is 3.63. The molecule has 0 radical (unpaired) electrons. The van der Waals surface area contributed by atoms with Gasteiger partial charge in [0.1, 0.15) is 11.6 Å². The molecule has 1 aromatic heterocycles. The molecule has 0 aliphatic carbocycles. The summed E-state index contributed by atoms with van der Waals surface area (Å²) >= 11 is 5.74. The lowest BCUT2D eigenvalue weighted by Gasteiger charge is -2.35. The molecular formula is C17H17ClFN5O. The number of hydrogen-bond donors (Lipinski definition) is 2. The number of rotatable bonds is 3. The number of hydrogen-bond acceptors (Lipinski definition) is 5. The Morgan fingerprint density at radius 3 is 2.92 bits per heavy atom. The second kappa shape index (κ2) is 7.06. The molecule has 25 heavy (non-hydrogen) atoms. The van der Waals surface area contributed by atoms with Gasteiger partial charge >= 0.3 is 0 Å². The molecule has 1 atom stereocenters. The number of benzene rings is 1. The van der Waals surface area contributed by atoms with E-state index in [1.165, 1.54) is 12.1 Å². The Balaban J connectivity index is 1.81. The molecule has 3 rings (SSSR count). The molecule has 8 heteroatoms. The molecular weight excluding hydrogens is 345 g/mol. The van der Waals surface area contributed by atoms with Gasteiger partial charge in [-0.05, 0) is 25.1 Å². The van der Waals surface area contributed by atoms with Crippen LogP contribution in [-0.4, -0.2) is 33.4 Å². The Hall–Kier alpha value is -2.67. The first kappa shape index (κ1) is 17.2. The smallest absolute Gasteiger partial charge is 0.257 e. The molecule has 2 heterocycles. The first-order valence-electron chi connectivity index (χ1n) is 7.75. The highest BCUT2D eigenvalue weighted by molar-refractivity contribution is 6.30. The number of amides is 1. The molecule has 1 amide bonds. The second-order valence-corrected chi connectivity index (χ2v) is 6.13. The predicted molar refractivity (Wildman–Crippen MR) is 93.4 cm³/mol. The summed E-state index contributed by atoms with van der Waals surface area (Å²) < 4.78 is 14.0. The van der Waals surface area contributed by atoms with Crippen molar-refractivity contribution >= 4 is 23.3 Å². The number of halogens is 2. The third-order valence-corrected chi connectivity index (χ3v) is 4.37. The van der Waals surface area contributed by atoms with Gasteiger partial charge < -0.3 is 16.0 Å². The summed E-state index contributed by atoms with van der Waals surface area (Å²) in [7, 11) is 0. The maximum Gasteiger partial charge on any atom is 0.257 e. The van der Waals surface area contributed by atoms with E-state index >= 15 is 0 Å². The number of nitrogens with two attached hydrogens (primary N) is 1. The van der Waals surface area contributed by atoms with E-state index in [0.717, 1.165) is 11.8 Å². The van der Waals surface area contributed by atoms with E-state index in [2.05, 4.69) is 15.3 Å². The standard InChI is InChI=1S/C17H17ClFN5O/c1-10-16(20)14(23-15-9-21-5-6-22-15)4-7-24(10)17(25)12-3-2-11(18)8-13(12)19/h2-3,5-6,8-10H,4,7,20H2,1H3,(H,22,23). The van der Waals surface area contributed by atoms with Crippen LogP contribution in [0.15, 0.2) is 48.2 Å². The number of nitrogens with one attached hydrogen (secondary N) is 1. The number of carbonyl (C=O) groups excluding carboxylic acids is 1. The van der Waals surface area contributed by atoms with Crippen LogP contribution < -0.4 is 11.1 Å². The highest BCUT2D eigenvalue weighted by atomic mass is 35.5. The first-order chi connectivity index (χ1) is 12.0. The summed E-state index contributed by atoms with van der Waals surface area (Å²) in [5, 5.41) is 3.38. The molecule has 130 valence electrons. The van der Waals surface area contributed by atoms with Crippen LogP contribution in [0.1, 0.15) is 23.7 Å². The van der Waals surface area contributed by atoms with Gasteiger partial charge in [-0.3, -0.25) is 9.78 Å². The Morgan fingerprint density at radius 2 is 2.24 bits per heavy atom. The van der Waals surface area contributed by atoms with Gasteiger partial charge in [0.05, 0.1) is 23.5 Å². The van der Waals surface area contributed by atoms with Crippen molar-refractivity contribution in [3.8, 4) is 0 Å². The van der Waals surface area contributed by atoms with Gasteiger partial charge in [-0.15, -0.1) is 0 Å². The van der Waals surface area contributed by atoms with Crippen LogP contribution in [0.4, 0.5) is 10.2 Å². The van der Waals surface area contributed by atoms with Gasteiger partial charge in [0.15, 0.2) is 0 Å². The van der Waals surface area contributed by atoms with Crippen molar-refractivity contribution in [2.24, 2.45) is 5.73 Å². The summed E-state index contributed by atoms with van der Waals surface area (Å²) in [5.41, 5.74) is 7.48. The SMILES string of the molecule is CC1C(N)=C(Nc2cnccn2)CCN1C(=O)c1ccc(Cl)cc1F. The van der Waals surface area contributed by atoms with Crippen molar-refractivity contribution in [3.05, 3.63) is 64.6 Å². The average Bonchev–Trinajstić information content (AvgIpc) is 2.59. The Labute approximate surface area is 149 Å². The lowest BCUT2D eigenvalue weighted by molar-refractivity contribution is 0.0700. The fourth-order valence-electron chi connectivity index (χ4n) is 2.74. The largest absolute Gasteiger partial charge is 0.399 e. The van der Waals surface area contributed by atoms with Crippen LogP contribution in [0.3, 0.4) is 0 Å². The molecule has 2 aromatic rings. The lowest BCUT2D eigenvalue weighted by atomic mass is 10.0. The van der Waals surface area contributed by atoms with Crippen LogP contribution in [0.2, 0.25) is 5.02 Å². The zero-order valence-corrected chi connectivity index (χ0v) is 14.3. The first-order valence-corrected chi connectivity index (χ1v) is 8.12. The van der Waals surface area contributed by atoms with Gasteiger partial charge in [-0.1, -0.05) is 11.6 Å². The number of anilines is 1. The molecule has 0 fully saturated rings. The van der Waals surface area contributed by atoms with Crippen LogP contribution in [0.25, 0.3) is 0 Å². The predicted octanol–water partition coefficient (Wildman–Crippen LogP) is 2.79. The number of nitrogens with zero attached hydrogens (tertiary/aromatic N) is 3. The average molecular weight is 362 g/mol. The van der Waals surface area contributed by atoms with Gasteiger partial charge in [-0.25, -0.2) is 9.37 Å². The van der Waals surface area contributed by atoms with E-state index < -0.39 is 11.7 Å². The Kier molecular flexibility index (Phi) is 4.85. The quantitative estimate of drug-likeness (QED) is 0.878. The zero-order valence-electron chi connectivity index (χ0n) is 13.5. The minimum Gasteiger partial charge on any atom is -0.399 e. The maximum absolute atomic E-state index is 14.0. The van der Waals surface area contributed by atoms with Crippen molar-refractivity contribution in [3.63, 3.8) is 0 Å². The molecule has 1 unspecified atom stereocenters.